The summed E-state index contributed by atoms with van der Waals surface area (Å²) in [7, 11) is -3.39. The summed E-state index contributed by atoms with van der Waals surface area (Å²) in [5.41, 5.74) is 0.759. The van der Waals surface area contributed by atoms with Crippen LogP contribution >= 0.6 is 0 Å². The Morgan fingerprint density at radius 3 is 2.47 bits per heavy atom. The van der Waals surface area contributed by atoms with E-state index in [4.69, 9.17) is 4.84 Å². The van der Waals surface area contributed by atoms with Gasteiger partial charge in [0, 0.05) is 0 Å². The lowest BCUT2D eigenvalue weighted by atomic mass is 10.2. The average molecular weight is 255 g/mol. The zero-order valence-corrected chi connectivity index (χ0v) is 10.4. The third-order valence-corrected chi connectivity index (χ3v) is 3.91. The van der Waals surface area contributed by atoms with Gasteiger partial charge >= 0.3 is 0 Å². The number of hydrogen-bond acceptors (Lipinski definition) is 3. The lowest BCUT2D eigenvalue weighted by molar-refractivity contribution is 0.0222. The molecule has 1 saturated carbocycles. The molecule has 2 rings (SSSR count). The maximum Gasteiger partial charge on any atom is 0.237 e. The van der Waals surface area contributed by atoms with Crippen molar-refractivity contribution in [3.8, 4) is 0 Å². The molecule has 0 bridgehead atoms. The standard InChI is InChI=1S/C12H17NO3S/c14-17(15,10-11-6-2-1-3-7-11)13-16-12-8-4-5-9-12/h1-3,6-7,12-13H,4-5,8-10H2. The van der Waals surface area contributed by atoms with E-state index in [1.165, 1.54) is 0 Å². The molecule has 94 valence electrons. The average Bonchev–Trinajstić information content (AvgIpc) is 2.80. The topological polar surface area (TPSA) is 55.4 Å². The van der Waals surface area contributed by atoms with Gasteiger partial charge in [-0.1, -0.05) is 48.1 Å². The molecule has 1 aromatic rings. The molecule has 1 fully saturated rings. The van der Waals surface area contributed by atoms with Gasteiger partial charge in [0.25, 0.3) is 0 Å². The number of rotatable bonds is 5. The van der Waals surface area contributed by atoms with Crippen LogP contribution in [0.25, 0.3) is 0 Å². The Balaban J connectivity index is 1.86. The third kappa shape index (κ3) is 4.11. The molecule has 1 aliphatic carbocycles. The zero-order valence-electron chi connectivity index (χ0n) is 9.63. The van der Waals surface area contributed by atoms with Gasteiger partial charge in [0.1, 0.15) is 0 Å². The van der Waals surface area contributed by atoms with Gasteiger partial charge in [-0.2, -0.15) is 0 Å². The van der Waals surface area contributed by atoms with E-state index in [0.29, 0.717) is 0 Å². The van der Waals surface area contributed by atoms with Crippen molar-refractivity contribution in [1.82, 2.24) is 4.89 Å². The zero-order chi connectivity index (χ0) is 12.1. The van der Waals surface area contributed by atoms with E-state index in [9.17, 15) is 8.42 Å². The molecule has 1 N–H and O–H groups in total. The van der Waals surface area contributed by atoms with Crippen LogP contribution in [-0.4, -0.2) is 14.5 Å². The summed E-state index contributed by atoms with van der Waals surface area (Å²) in [5.74, 6) is -0.0411. The first-order valence-electron chi connectivity index (χ1n) is 5.85. The van der Waals surface area contributed by atoms with Crippen molar-refractivity contribution in [2.45, 2.75) is 37.5 Å². The first-order valence-corrected chi connectivity index (χ1v) is 7.50. The van der Waals surface area contributed by atoms with Gasteiger partial charge in [-0.3, -0.25) is 4.84 Å². The van der Waals surface area contributed by atoms with Crippen molar-refractivity contribution in [3.05, 3.63) is 35.9 Å². The summed E-state index contributed by atoms with van der Waals surface area (Å²) in [6.07, 6.45) is 4.15. The van der Waals surface area contributed by atoms with Gasteiger partial charge in [-0.05, 0) is 18.4 Å². The fourth-order valence-electron chi connectivity index (χ4n) is 1.97. The molecule has 0 radical (unpaired) electrons. The lowest BCUT2D eigenvalue weighted by Crippen LogP contribution is -2.29. The molecular formula is C12H17NO3S. The first kappa shape index (κ1) is 12.5. The molecular weight excluding hydrogens is 238 g/mol. The van der Waals surface area contributed by atoms with Gasteiger partial charge in [-0.15, -0.1) is 0 Å². The molecule has 1 aliphatic rings. The molecule has 1 aromatic carbocycles. The number of benzene rings is 1. The number of sulfonamides is 1. The maximum atomic E-state index is 11.7. The fourth-order valence-corrected chi connectivity index (χ4v) is 2.94. The van der Waals surface area contributed by atoms with Crippen LogP contribution in [-0.2, 0) is 20.6 Å². The monoisotopic (exact) mass is 255 g/mol. The van der Waals surface area contributed by atoms with Gasteiger partial charge in [-0.25, -0.2) is 8.42 Å². The van der Waals surface area contributed by atoms with Crippen molar-refractivity contribution in [1.29, 1.82) is 0 Å². The smallest absolute Gasteiger partial charge is 0.237 e. The fraction of sp³-hybridized carbons (Fsp3) is 0.500. The van der Waals surface area contributed by atoms with E-state index in [1.807, 2.05) is 18.2 Å². The SMILES string of the molecule is O=S(=O)(Cc1ccccc1)NOC1CCCC1. The summed E-state index contributed by atoms with van der Waals surface area (Å²) in [4.78, 5) is 7.42. The quantitative estimate of drug-likeness (QED) is 0.818. The molecule has 0 amide bonds. The molecule has 17 heavy (non-hydrogen) atoms. The molecule has 0 heterocycles. The van der Waals surface area contributed by atoms with Crippen molar-refractivity contribution in [3.63, 3.8) is 0 Å². The minimum absolute atomic E-state index is 0.0411. The highest BCUT2D eigenvalue weighted by Gasteiger charge is 2.19. The Morgan fingerprint density at radius 1 is 1.18 bits per heavy atom. The molecule has 0 saturated heterocycles. The number of hydrogen-bond donors (Lipinski definition) is 1. The van der Waals surface area contributed by atoms with Crippen LogP contribution in [0.4, 0.5) is 0 Å². The maximum absolute atomic E-state index is 11.7. The Morgan fingerprint density at radius 2 is 1.82 bits per heavy atom. The molecule has 4 nitrogen and oxygen atoms in total. The second-order valence-corrected chi connectivity index (χ2v) is 6.04. The predicted molar refractivity (Wildman–Crippen MR) is 65.5 cm³/mol. The minimum atomic E-state index is -3.39. The Bertz CT molecular complexity index is 438. The predicted octanol–water partition coefficient (Wildman–Crippen LogP) is 1.98. The van der Waals surface area contributed by atoms with Crippen molar-refractivity contribution in [2.75, 3.05) is 0 Å². The summed E-state index contributed by atoms with van der Waals surface area (Å²) in [5, 5.41) is 0. The van der Waals surface area contributed by atoms with Gasteiger partial charge < -0.3 is 0 Å². The van der Waals surface area contributed by atoms with Crippen LogP contribution in [0.5, 0.6) is 0 Å². The third-order valence-electron chi connectivity index (χ3n) is 2.84. The highest BCUT2D eigenvalue weighted by atomic mass is 32.2. The van der Waals surface area contributed by atoms with Crippen molar-refractivity contribution < 1.29 is 13.3 Å². The molecule has 0 atom stereocenters. The van der Waals surface area contributed by atoms with E-state index >= 15 is 0 Å². The first-order chi connectivity index (χ1) is 8.16. The molecule has 5 heteroatoms. The highest BCUT2D eigenvalue weighted by Crippen LogP contribution is 2.20. The largest absolute Gasteiger partial charge is 0.284 e. The van der Waals surface area contributed by atoms with Crippen molar-refractivity contribution in [2.24, 2.45) is 0 Å². The van der Waals surface area contributed by atoms with Crippen LogP contribution in [0.2, 0.25) is 0 Å². The Hall–Kier alpha value is -0.910. The van der Waals surface area contributed by atoms with Crippen LogP contribution < -0.4 is 4.89 Å². The van der Waals surface area contributed by atoms with Gasteiger partial charge in [0.05, 0.1) is 11.9 Å². The lowest BCUT2D eigenvalue weighted by Gasteiger charge is -2.11. The van der Waals surface area contributed by atoms with E-state index in [1.54, 1.807) is 12.1 Å². The molecule has 0 aromatic heterocycles. The van der Waals surface area contributed by atoms with E-state index in [2.05, 4.69) is 4.89 Å². The molecule has 0 aliphatic heterocycles. The Labute approximate surface area is 102 Å². The van der Waals surface area contributed by atoms with Gasteiger partial charge in [0.2, 0.25) is 10.0 Å². The van der Waals surface area contributed by atoms with E-state index < -0.39 is 10.0 Å². The van der Waals surface area contributed by atoms with E-state index in [-0.39, 0.29) is 11.9 Å². The van der Waals surface area contributed by atoms with E-state index in [0.717, 1.165) is 31.2 Å². The minimum Gasteiger partial charge on any atom is -0.284 e. The van der Waals surface area contributed by atoms with Crippen LogP contribution in [0.15, 0.2) is 30.3 Å². The number of nitrogens with one attached hydrogen (secondary N) is 1. The summed E-state index contributed by atoms with van der Waals surface area (Å²) in [6.45, 7) is 0. The molecule has 0 spiro atoms. The molecule has 0 unspecified atom stereocenters. The normalized spacial score (nSPS) is 17.4. The summed E-state index contributed by atoms with van der Waals surface area (Å²) >= 11 is 0. The second-order valence-electron chi connectivity index (χ2n) is 4.35. The summed E-state index contributed by atoms with van der Waals surface area (Å²) < 4.78 is 23.4. The highest BCUT2D eigenvalue weighted by molar-refractivity contribution is 7.88. The van der Waals surface area contributed by atoms with Crippen LogP contribution in [0.3, 0.4) is 0 Å². The summed E-state index contributed by atoms with van der Waals surface area (Å²) in [6, 6.07) is 9.08. The van der Waals surface area contributed by atoms with Crippen LogP contribution in [0.1, 0.15) is 31.2 Å². The van der Waals surface area contributed by atoms with Crippen LogP contribution in [0, 0.1) is 0 Å². The Kier molecular flexibility index (Phi) is 4.15. The van der Waals surface area contributed by atoms with Crippen molar-refractivity contribution >= 4 is 10.0 Å². The second kappa shape index (κ2) is 5.62. The van der Waals surface area contributed by atoms with Gasteiger partial charge in [0.15, 0.2) is 0 Å².